The van der Waals surface area contributed by atoms with E-state index in [-0.39, 0.29) is 5.69 Å². The first kappa shape index (κ1) is 22.1. The van der Waals surface area contributed by atoms with Crippen LogP contribution in [0.15, 0.2) is 23.2 Å². The first-order valence-corrected chi connectivity index (χ1v) is 7.64. The summed E-state index contributed by atoms with van der Waals surface area (Å²) in [6, 6.07) is 0.853. The first-order chi connectivity index (χ1) is 11.1. The molecule has 15 heteroatoms. The summed E-state index contributed by atoms with van der Waals surface area (Å²) in [5.74, 6) is -0.583. The minimum absolute atomic E-state index is 0.335. The Labute approximate surface area is 138 Å². The third-order valence-corrected chi connectivity index (χ3v) is 1.98. The number of nitrogens with zero attached hydrogens (tertiary/aromatic N) is 2. The summed E-state index contributed by atoms with van der Waals surface area (Å²) in [6.45, 7) is 0. The molecular weight excluding hydrogens is 375 g/mol. The van der Waals surface area contributed by atoms with Crippen LogP contribution in [0.1, 0.15) is 5.56 Å². The van der Waals surface area contributed by atoms with Crippen LogP contribution < -0.4 is 16.8 Å². The fourth-order valence-electron chi connectivity index (χ4n) is 1.27. The molecule has 140 valence electrons. The number of nitro groups is 1. The van der Waals surface area contributed by atoms with Gasteiger partial charge < -0.3 is 16.8 Å². The molecule has 0 saturated carbocycles. The average Bonchev–Trinajstić information content (AvgIpc) is 2.34. The highest BCUT2D eigenvalue weighted by molar-refractivity contribution is 7.85. The van der Waals surface area contributed by atoms with Crippen molar-refractivity contribution >= 4 is 33.5 Å². The lowest BCUT2D eigenvalue weighted by Crippen LogP contribution is -2.25. The molecule has 25 heavy (non-hydrogen) atoms. The van der Waals surface area contributed by atoms with E-state index in [2.05, 4.69) is 4.99 Å². The molecule has 0 aliphatic carbocycles. The predicted octanol–water partition coefficient (Wildman–Crippen LogP) is 0.923. The van der Waals surface area contributed by atoms with Crippen molar-refractivity contribution in [1.82, 2.24) is 0 Å². The first-order valence-electron chi connectivity index (χ1n) is 5.80. The third-order valence-electron chi connectivity index (χ3n) is 1.98. The number of benzene rings is 1. The van der Waals surface area contributed by atoms with Crippen molar-refractivity contribution in [2.75, 3.05) is 11.6 Å². The van der Waals surface area contributed by atoms with Crippen molar-refractivity contribution < 1.29 is 35.9 Å². The molecule has 1 aromatic carbocycles. The second-order valence-electron chi connectivity index (χ2n) is 4.19. The van der Waals surface area contributed by atoms with Gasteiger partial charge in [-0.1, -0.05) is 0 Å². The highest BCUT2D eigenvalue weighted by Gasteiger charge is 2.38. The van der Waals surface area contributed by atoms with Crippen LogP contribution in [0.25, 0.3) is 0 Å². The summed E-state index contributed by atoms with van der Waals surface area (Å²) >= 11 is 0. The number of urea groups is 1. The fraction of sp³-hybridized carbons (Fsp3) is 0.200. The molecule has 11 nitrogen and oxygen atoms in total. The topological polar surface area (TPSA) is 191 Å². The molecule has 0 bridgehead atoms. The number of anilines is 1. The lowest BCUT2D eigenvalue weighted by molar-refractivity contribution is -0.388. The van der Waals surface area contributed by atoms with Crippen LogP contribution in [0.5, 0.6) is 0 Å². The van der Waals surface area contributed by atoms with Crippen LogP contribution >= 0.6 is 0 Å². The molecule has 0 unspecified atom stereocenters. The predicted molar refractivity (Wildman–Crippen MR) is 80.4 cm³/mol. The zero-order valence-corrected chi connectivity index (χ0v) is 13.1. The summed E-state index contributed by atoms with van der Waals surface area (Å²) in [6.07, 6.45) is -4.23. The highest BCUT2D eigenvalue weighted by Crippen LogP contribution is 2.37. The van der Waals surface area contributed by atoms with Crippen molar-refractivity contribution in [3.05, 3.63) is 33.9 Å². The molecule has 1 aromatic rings. The summed E-state index contributed by atoms with van der Waals surface area (Å²) in [5.41, 5.74) is 6.86. The van der Waals surface area contributed by atoms with Crippen LogP contribution in [0.2, 0.25) is 0 Å². The summed E-state index contributed by atoms with van der Waals surface area (Å²) in [4.78, 5) is 23.5. The molecule has 0 aromatic heterocycles. The normalized spacial score (nSPS) is 10.9. The highest BCUT2D eigenvalue weighted by atomic mass is 32.2. The molecule has 0 fully saturated rings. The van der Waals surface area contributed by atoms with Gasteiger partial charge in [-0.15, -0.1) is 0 Å². The Morgan fingerprint density at radius 2 is 1.84 bits per heavy atom. The largest absolute Gasteiger partial charge is 0.423 e. The lowest BCUT2D eigenvalue weighted by atomic mass is 10.1. The SMILES string of the molecule is CS(=O)(=O)O.NC(N)=NC(=O)Nc1ccc([N+](=O)[O-])c(C(F)(F)F)c1. The summed E-state index contributed by atoms with van der Waals surface area (Å²) in [5, 5.41) is 12.5. The quantitative estimate of drug-likeness (QED) is 0.189. The van der Waals surface area contributed by atoms with Gasteiger partial charge in [-0.2, -0.15) is 26.6 Å². The minimum atomic E-state index is -4.95. The minimum Gasteiger partial charge on any atom is -0.370 e. The van der Waals surface area contributed by atoms with Gasteiger partial charge in [0.15, 0.2) is 5.96 Å². The van der Waals surface area contributed by atoms with Crippen molar-refractivity contribution in [3.8, 4) is 0 Å². The number of hydrogen-bond donors (Lipinski definition) is 4. The van der Waals surface area contributed by atoms with Crippen LogP contribution in [-0.2, 0) is 16.3 Å². The van der Waals surface area contributed by atoms with E-state index < -0.39 is 44.5 Å². The molecule has 0 radical (unpaired) electrons. The van der Waals surface area contributed by atoms with E-state index in [1.807, 2.05) is 5.32 Å². The second-order valence-corrected chi connectivity index (χ2v) is 5.65. The maximum atomic E-state index is 12.7. The van der Waals surface area contributed by atoms with Gasteiger partial charge >= 0.3 is 12.2 Å². The Hall–Kier alpha value is -2.94. The molecule has 1 rings (SSSR count). The van der Waals surface area contributed by atoms with E-state index in [4.69, 9.17) is 16.0 Å². The number of aliphatic imine (C=N–C) groups is 1. The van der Waals surface area contributed by atoms with Gasteiger partial charge in [0.1, 0.15) is 5.56 Å². The van der Waals surface area contributed by atoms with Gasteiger partial charge in [0.05, 0.1) is 11.2 Å². The number of nitrogens with one attached hydrogen (secondary N) is 1. The maximum absolute atomic E-state index is 12.7. The standard InChI is InChI=1S/C9H8F3N5O3.CH4O3S/c10-9(11,12)5-3-4(1-2-6(5)17(19)20)15-8(18)16-7(13)14;1-5(2,3)4/h1-3H,(H5,13,14,15,16,18);1H3,(H,2,3,4). The van der Waals surface area contributed by atoms with E-state index in [0.717, 1.165) is 6.07 Å². The molecule has 0 spiro atoms. The third kappa shape index (κ3) is 9.72. The van der Waals surface area contributed by atoms with Gasteiger partial charge in [-0.05, 0) is 12.1 Å². The Kier molecular flexibility index (Phi) is 7.28. The fourth-order valence-corrected chi connectivity index (χ4v) is 1.27. The summed E-state index contributed by atoms with van der Waals surface area (Å²) < 4.78 is 63.8. The van der Waals surface area contributed by atoms with Crippen molar-refractivity contribution in [3.63, 3.8) is 0 Å². The number of nitro benzene ring substituents is 1. The van der Waals surface area contributed by atoms with Gasteiger partial charge in [-0.25, -0.2) is 4.79 Å². The summed E-state index contributed by atoms with van der Waals surface area (Å²) in [7, 11) is -3.67. The molecule has 0 saturated heterocycles. The molecule has 0 heterocycles. The lowest BCUT2D eigenvalue weighted by Gasteiger charge is -2.09. The Morgan fingerprint density at radius 3 is 2.20 bits per heavy atom. The van der Waals surface area contributed by atoms with Crippen molar-refractivity contribution in [1.29, 1.82) is 0 Å². The molecule has 2 amide bonds. The molecule has 6 N–H and O–H groups in total. The van der Waals surface area contributed by atoms with Gasteiger partial charge in [0.25, 0.3) is 15.8 Å². The van der Waals surface area contributed by atoms with Crippen molar-refractivity contribution in [2.45, 2.75) is 6.18 Å². The number of rotatable bonds is 2. The van der Waals surface area contributed by atoms with Crippen LogP contribution in [0.3, 0.4) is 0 Å². The Bertz CT molecular complexity index is 781. The number of hydrogen-bond acceptors (Lipinski definition) is 5. The van der Waals surface area contributed by atoms with E-state index in [1.165, 1.54) is 0 Å². The number of nitrogens with two attached hydrogens (primary N) is 2. The van der Waals surface area contributed by atoms with E-state index in [0.29, 0.717) is 18.4 Å². The van der Waals surface area contributed by atoms with Crippen LogP contribution in [0, 0.1) is 10.1 Å². The average molecular weight is 387 g/mol. The van der Waals surface area contributed by atoms with Gasteiger partial charge in [0, 0.05) is 11.8 Å². The molecule has 0 aliphatic heterocycles. The number of carbonyl (C=O) groups is 1. The zero-order chi connectivity index (χ0) is 20.0. The van der Waals surface area contributed by atoms with Crippen LogP contribution in [-0.4, -0.2) is 36.1 Å². The van der Waals surface area contributed by atoms with Gasteiger partial charge in [-0.3, -0.25) is 14.7 Å². The number of amides is 2. The second kappa shape index (κ2) is 8.25. The number of guanidine groups is 1. The van der Waals surface area contributed by atoms with Gasteiger partial charge in [0.2, 0.25) is 0 Å². The van der Waals surface area contributed by atoms with E-state index in [9.17, 15) is 36.5 Å². The molecular formula is C10H12F3N5O6S. The number of halogens is 3. The van der Waals surface area contributed by atoms with E-state index in [1.54, 1.807) is 0 Å². The van der Waals surface area contributed by atoms with E-state index >= 15 is 0 Å². The monoisotopic (exact) mass is 387 g/mol. The van der Waals surface area contributed by atoms with Crippen LogP contribution in [0.4, 0.5) is 29.3 Å². The smallest absolute Gasteiger partial charge is 0.370 e. The van der Waals surface area contributed by atoms with Crippen molar-refractivity contribution in [2.24, 2.45) is 16.5 Å². The Balaban J connectivity index is 0.00000101. The zero-order valence-electron chi connectivity index (χ0n) is 12.3. The number of carbonyl (C=O) groups excluding carboxylic acids is 1. The Morgan fingerprint density at radius 1 is 1.36 bits per heavy atom. The number of alkyl halides is 3. The maximum Gasteiger partial charge on any atom is 0.423 e. The molecule has 0 aliphatic rings. The molecule has 0 atom stereocenters.